The van der Waals surface area contributed by atoms with E-state index in [9.17, 15) is 4.79 Å². The number of pyridine rings is 1. The minimum atomic E-state index is -0.425. The van der Waals surface area contributed by atoms with Gasteiger partial charge < -0.3 is 15.0 Å². The van der Waals surface area contributed by atoms with Crippen LogP contribution in [0.25, 0.3) is 6.08 Å². The van der Waals surface area contributed by atoms with Crippen LogP contribution in [0, 0.1) is 0 Å². The number of hydrogen-bond donors (Lipinski definition) is 1. The molecule has 1 fully saturated rings. The van der Waals surface area contributed by atoms with Gasteiger partial charge in [-0.1, -0.05) is 5.98 Å². The third-order valence-corrected chi connectivity index (χ3v) is 4.03. The second kappa shape index (κ2) is 5.28. The van der Waals surface area contributed by atoms with E-state index in [0.29, 0.717) is 16.9 Å². The lowest BCUT2D eigenvalue weighted by molar-refractivity contribution is 0.00578. The van der Waals surface area contributed by atoms with Crippen molar-refractivity contribution in [3.05, 3.63) is 29.5 Å². The first-order valence-corrected chi connectivity index (χ1v) is 6.93. The topological polar surface area (TPSA) is 74.4 Å². The quantitative estimate of drug-likeness (QED) is 0.683. The van der Waals surface area contributed by atoms with Gasteiger partial charge >= 0.3 is 7.12 Å². The van der Waals surface area contributed by atoms with Crippen LogP contribution in [0.5, 0.6) is 0 Å². The van der Waals surface area contributed by atoms with Crippen LogP contribution < -0.4 is 5.73 Å². The Kier molecular flexibility index (Phi) is 3.95. The molecule has 1 aromatic heterocycles. The monoisotopic (exact) mass is 288 g/mol. The second-order valence-corrected chi connectivity index (χ2v) is 6.24. The molecule has 1 saturated heterocycles. The Labute approximate surface area is 125 Å². The van der Waals surface area contributed by atoms with Crippen molar-refractivity contribution in [2.75, 3.05) is 5.73 Å². The Morgan fingerprint density at radius 3 is 2.33 bits per heavy atom. The SMILES string of the molecule is CC(=O)c1cnc(/C=C/B2OC(C)(C)C(C)(C)O2)cc1N. The molecule has 2 heterocycles. The summed E-state index contributed by atoms with van der Waals surface area (Å²) in [5, 5.41) is 0. The molecule has 1 aliphatic heterocycles. The number of ketones is 1. The van der Waals surface area contributed by atoms with E-state index in [1.807, 2.05) is 27.7 Å². The van der Waals surface area contributed by atoms with Gasteiger partial charge in [0.2, 0.25) is 0 Å². The van der Waals surface area contributed by atoms with Gasteiger partial charge in [0, 0.05) is 11.9 Å². The van der Waals surface area contributed by atoms with Crippen molar-refractivity contribution in [1.29, 1.82) is 0 Å². The molecule has 6 heteroatoms. The van der Waals surface area contributed by atoms with Gasteiger partial charge in [0.1, 0.15) is 0 Å². The first-order valence-electron chi connectivity index (χ1n) is 6.93. The summed E-state index contributed by atoms with van der Waals surface area (Å²) in [5.41, 5.74) is 6.61. The van der Waals surface area contributed by atoms with Gasteiger partial charge in [-0.05, 0) is 46.8 Å². The van der Waals surface area contributed by atoms with Crippen LogP contribution >= 0.6 is 0 Å². The summed E-state index contributed by atoms with van der Waals surface area (Å²) in [4.78, 5) is 15.5. The predicted molar refractivity (Wildman–Crippen MR) is 83.8 cm³/mol. The Hall–Kier alpha value is -1.66. The average molecular weight is 288 g/mol. The highest BCUT2D eigenvalue weighted by Crippen LogP contribution is 2.37. The molecule has 2 N–H and O–H groups in total. The van der Waals surface area contributed by atoms with Crippen molar-refractivity contribution in [2.45, 2.75) is 45.8 Å². The highest BCUT2D eigenvalue weighted by molar-refractivity contribution is 6.52. The Balaban J connectivity index is 2.13. The van der Waals surface area contributed by atoms with Crippen molar-refractivity contribution < 1.29 is 14.1 Å². The number of anilines is 1. The molecule has 0 aromatic carbocycles. The zero-order chi connectivity index (χ0) is 15.8. The summed E-state index contributed by atoms with van der Waals surface area (Å²) in [5.74, 6) is 1.70. The van der Waals surface area contributed by atoms with Crippen molar-refractivity contribution in [2.24, 2.45) is 0 Å². The Morgan fingerprint density at radius 1 is 1.29 bits per heavy atom. The van der Waals surface area contributed by atoms with Crippen LogP contribution in [-0.2, 0) is 9.31 Å². The maximum atomic E-state index is 11.3. The lowest BCUT2D eigenvalue weighted by Gasteiger charge is -2.32. The number of nitrogens with zero attached hydrogens (tertiary/aromatic N) is 1. The maximum absolute atomic E-state index is 11.3. The van der Waals surface area contributed by atoms with E-state index in [4.69, 9.17) is 15.0 Å². The summed E-state index contributed by atoms with van der Waals surface area (Å²) in [6.45, 7) is 9.46. The van der Waals surface area contributed by atoms with Crippen LogP contribution in [0.2, 0.25) is 0 Å². The van der Waals surface area contributed by atoms with E-state index in [1.54, 1.807) is 18.1 Å². The van der Waals surface area contributed by atoms with Gasteiger partial charge in [-0.25, -0.2) is 0 Å². The third kappa shape index (κ3) is 3.17. The zero-order valence-electron chi connectivity index (χ0n) is 13.1. The normalized spacial score (nSPS) is 20.1. The van der Waals surface area contributed by atoms with Crippen molar-refractivity contribution >= 4 is 24.7 Å². The van der Waals surface area contributed by atoms with E-state index in [-0.39, 0.29) is 17.0 Å². The number of rotatable bonds is 3. The molecule has 0 spiro atoms. The molecule has 0 saturated carbocycles. The largest absolute Gasteiger partial charge is 0.487 e. The third-order valence-electron chi connectivity index (χ3n) is 4.03. The molecule has 0 amide bonds. The number of nitrogen functional groups attached to an aromatic ring is 1. The molecule has 2 rings (SSSR count). The van der Waals surface area contributed by atoms with E-state index < -0.39 is 7.12 Å². The van der Waals surface area contributed by atoms with Crippen molar-refractivity contribution in [3.8, 4) is 0 Å². The summed E-state index contributed by atoms with van der Waals surface area (Å²) < 4.78 is 11.7. The van der Waals surface area contributed by atoms with Crippen molar-refractivity contribution in [1.82, 2.24) is 4.98 Å². The molecule has 0 bridgehead atoms. The number of hydrogen-bond acceptors (Lipinski definition) is 5. The molecule has 1 aromatic rings. The number of carbonyl (C=O) groups excluding carboxylic acids is 1. The number of carbonyl (C=O) groups is 1. The predicted octanol–water partition coefficient (Wildman–Crippen LogP) is 2.51. The summed E-state index contributed by atoms with van der Waals surface area (Å²) in [7, 11) is -0.425. The van der Waals surface area contributed by atoms with Gasteiger partial charge in [-0.2, -0.15) is 0 Å². The summed E-state index contributed by atoms with van der Waals surface area (Å²) >= 11 is 0. The van der Waals surface area contributed by atoms with Gasteiger partial charge in [-0.15, -0.1) is 0 Å². The van der Waals surface area contributed by atoms with Gasteiger partial charge in [0.05, 0.1) is 22.5 Å². The molecule has 0 aliphatic carbocycles. The lowest BCUT2D eigenvalue weighted by atomic mass is 9.89. The second-order valence-electron chi connectivity index (χ2n) is 6.24. The van der Waals surface area contributed by atoms with Crippen molar-refractivity contribution in [3.63, 3.8) is 0 Å². The molecule has 112 valence electrons. The zero-order valence-corrected chi connectivity index (χ0v) is 13.1. The highest BCUT2D eigenvalue weighted by atomic mass is 16.7. The first-order chi connectivity index (χ1) is 9.62. The molecule has 1 aliphatic rings. The molecule has 0 atom stereocenters. The number of aromatic nitrogens is 1. The fourth-order valence-corrected chi connectivity index (χ4v) is 2.02. The molecule has 0 unspecified atom stereocenters. The maximum Gasteiger partial charge on any atom is 0.487 e. The average Bonchev–Trinajstić information content (AvgIpc) is 2.55. The minimum absolute atomic E-state index is 0.0958. The van der Waals surface area contributed by atoms with E-state index in [1.165, 1.54) is 13.1 Å². The minimum Gasteiger partial charge on any atom is -0.400 e. The Morgan fingerprint density at radius 2 is 1.86 bits per heavy atom. The fourth-order valence-electron chi connectivity index (χ4n) is 2.02. The van der Waals surface area contributed by atoms with E-state index >= 15 is 0 Å². The van der Waals surface area contributed by atoms with Crippen LogP contribution in [-0.4, -0.2) is 29.1 Å². The smallest absolute Gasteiger partial charge is 0.400 e. The molecule has 21 heavy (non-hydrogen) atoms. The standard InChI is InChI=1S/C15H21BN2O3/c1-10(19)12-9-18-11(8-13(12)17)6-7-16-20-14(2,3)15(4,5)21-16/h6-9H,1-5H3,(H2,17,18)/b7-6+. The fraction of sp³-hybridized carbons (Fsp3) is 0.467. The molecular weight excluding hydrogens is 267 g/mol. The highest BCUT2D eigenvalue weighted by Gasteiger charge is 2.49. The molecule has 0 radical (unpaired) electrons. The number of nitrogens with two attached hydrogens (primary N) is 1. The number of Topliss-reactive ketones (excluding diaryl/α,β-unsaturated/α-hetero) is 1. The van der Waals surface area contributed by atoms with Crippen LogP contribution in [0.3, 0.4) is 0 Å². The molecule has 5 nitrogen and oxygen atoms in total. The summed E-state index contributed by atoms with van der Waals surface area (Å²) in [6.07, 6.45) is 3.27. The lowest BCUT2D eigenvalue weighted by Crippen LogP contribution is -2.41. The van der Waals surface area contributed by atoms with E-state index in [2.05, 4.69) is 4.98 Å². The van der Waals surface area contributed by atoms with Gasteiger partial charge in [-0.3, -0.25) is 9.78 Å². The van der Waals surface area contributed by atoms with Crippen LogP contribution in [0.1, 0.15) is 50.7 Å². The Bertz CT molecular complexity index is 581. The van der Waals surface area contributed by atoms with Gasteiger partial charge in [0.15, 0.2) is 5.78 Å². The molecular formula is C15H21BN2O3. The summed E-state index contributed by atoms with van der Waals surface area (Å²) in [6, 6.07) is 1.67. The van der Waals surface area contributed by atoms with E-state index in [0.717, 1.165) is 0 Å². The van der Waals surface area contributed by atoms with Gasteiger partial charge in [0.25, 0.3) is 0 Å². The van der Waals surface area contributed by atoms with Crippen LogP contribution in [0.4, 0.5) is 5.69 Å². The van der Waals surface area contributed by atoms with Crippen LogP contribution in [0.15, 0.2) is 18.2 Å². The first kappa shape index (κ1) is 15.7.